The predicted molar refractivity (Wildman–Crippen MR) is 43.7 cm³/mol. The molecule has 1 fully saturated rings. The van der Waals surface area contributed by atoms with E-state index in [0.717, 1.165) is 12.8 Å². The number of nitrogens with two attached hydrogens (primary N) is 2. The van der Waals surface area contributed by atoms with Crippen LogP contribution in [0.1, 0.15) is 19.3 Å². The van der Waals surface area contributed by atoms with Gasteiger partial charge >= 0.3 is 0 Å². The minimum atomic E-state index is -2.14. The molecule has 0 aromatic carbocycles. The Morgan fingerprint density at radius 2 is 2.00 bits per heavy atom. The van der Waals surface area contributed by atoms with Crippen LogP contribution in [0.5, 0.6) is 0 Å². The van der Waals surface area contributed by atoms with Crippen molar-refractivity contribution in [1.82, 2.24) is 0 Å². The summed E-state index contributed by atoms with van der Waals surface area (Å²) in [6, 6.07) is -0.640. The second kappa shape index (κ2) is 3.34. The highest BCUT2D eigenvalue weighted by Crippen LogP contribution is 2.12. The minimum absolute atomic E-state index is 0.184. The molecule has 4 nitrogen and oxygen atoms in total. The Balaban J connectivity index is 2.92. The fourth-order valence-electron chi connectivity index (χ4n) is 1.29. The Bertz CT molecular complexity index is 262. The second-order valence-electron chi connectivity index (χ2n) is 2.78. The van der Waals surface area contributed by atoms with Crippen LogP contribution < -0.4 is 11.5 Å². The molecule has 0 aromatic heterocycles. The van der Waals surface area contributed by atoms with Crippen LogP contribution in [0.2, 0.25) is 0 Å². The van der Waals surface area contributed by atoms with Crippen molar-refractivity contribution >= 4 is 15.2 Å². The van der Waals surface area contributed by atoms with Gasteiger partial charge in [0.05, 0.1) is 10.9 Å². The van der Waals surface area contributed by atoms with Gasteiger partial charge in [-0.05, 0) is 19.3 Å². The third-order valence-corrected chi connectivity index (χ3v) is 2.91. The highest BCUT2D eigenvalue weighted by Gasteiger charge is 2.24. The molecular weight excluding hydrogens is 164 g/mol. The predicted octanol–water partition coefficient (Wildman–Crippen LogP) is -1.12. The quantitative estimate of drug-likeness (QED) is 0.458. The van der Waals surface area contributed by atoms with E-state index in [-0.39, 0.29) is 6.04 Å². The smallest absolute Gasteiger partial charge is 0.214 e. The average Bonchev–Trinajstić information content (AvgIpc) is 1.94. The summed E-state index contributed by atoms with van der Waals surface area (Å²) in [6.45, 7) is 0. The van der Waals surface area contributed by atoms with Gasteiger partial charge in [-0.3, -0.25) is 0 Å². The summed E-state index contributed by atoms with van der Waals surface area (Å²) in [5, 5.41) is 0. The number of hydrogen-bond donors (Lipinski definition) is 2. The van der Waals surface area contributed by atoms with E-state index in [1.807, 2.05) is 0 Å². The van der Waals surface area contributed by atoms with E-state index in [9.17, 15) is 8.42 Å². The van der Waals surface area contributed by atoms with Gasteiger partial charge in [0.25, 0.3) is 0 Å². The van der Waals surface area contributed by atoms with E-state index in [2.05, 4.69) is 0 Å². The molecule has 0 spiro atoms. The molecule has 0 heterocycles. The van der Waals surface area contributed by atoms with Crippen molar-refractivity contribution in [1.29, 1.82) is 0 Å². The first-order valence-electron chi connectivity index (χ1n) is 3.59. The summed E-state index contributed by atoms with van der Waals surface area (Å²) in [4.78, 5) is 0.378. The molecule has 64 valence electrons. The molecule has 0 unspecified atom stereocenters. The van der Waals surface area contributed by atoms with Crippen LogP contribution in [0.15, 0.2) is 0 Å². The molecule has 2 atom stereocenters. The van der Waals surface area contributed by atoms with E-state index >= 15 is 0 Å². The van der Waals surface area contributed by atoms with Crippen molar-refractivity contribution in [2.45, 2.75) is 31.3 Å². The third kappa shape index (κ3) is 1.79. The van der Waals surface area contributed by atoms with E-state index < -0.39 is 16.3 Å². The van der Waals surface area contributed by atoms with Crippen molar-refractivity contribution in [2.75, 3.05) is 0 Å². The maximum Gasteiger partial charge on any atom is 0.214 e. The van der Waals surface area contributed by atoms with Crippen LogP contribution in [0, 0.1) is 0 Å². The van der Waals surface area contributed by atoms with Gasteiger partial charge in [0.1, 0.15) is 0 Å². The molecule has 1 aliphatic carbocycles. The second-order valence-corrected chi connectivity index (χ2v) is 3.78. The first kappa shape index (κ1) is 8.70. The fourth-order valence-corrected chi connectivity index (χ4v) is 2.00. The van der Waals surface area contributed by atoms with Crippen LogP contribution in [0.25, 0.3) is 0 Å². The van der Waals surface area contributed by atoms with E-state index in [1.165, 1.54) is 0 Å². The summed E-state index contributed by atoms with van der Waals surface area (Å²) < 4.78 is 21.1. The van der Waals surface area contributed by atoms with Gasteiger partial charge in [0.2, 0.25) is 10.3 Å². The lowest BCUT2D eigenvalue weighted by Gasteiger charge is -2.24. The van der Waals surface area contributed by atoms with Crippen LogP contribution in [-0.4, -0.2) is 25.4 Å². The van der Waals surface area contributed by atoms with Gasteiger partial charge in [0, 0.05) is 6.04 Å². The third-order valence-electron chi connectivity index (χ3n) is 2.01. The van der Waals surface area contributed by atoms with E-state index in [4.69, 9.17) is 11.5 Å². The molecule has 0 bridgehead atoms. The summed E-state index contributed by atoms with van der Waals surface area (Å²) in [5.41, 5.74) is 11.2. The van der Waals surface area contributed by atoms with Crippen molar-refractivity contribution < 1.29 is 8.42 Å². The molecule has 0 radical (unpaired) electrons. The maximum atomic E-state index is 10.5. The summed E-state index contributed by atoms with van der Waals surface area (Å²) in [6.07, 6.45) is 2.23. The molecule has 0 aromatic rings. The Morgan fingerprint density at radius 1 is 1.36 bits per heavy atom. The topological polar surface area (TPSA) is 86.2 Å². The van der Waals surface area contributed by atoms with Crippen LogP contribution in [0.3, 0.4) is 0 Å². The first-order chi connectivity index (χ1) is 5.13. The van der Waals surface area contributed by atoms with Crippen molar-refractivity contribution in [2.24, 2.45) is 11.5 Å². The highest BCUT2D eigenvalue weighted by atomic mass is 32.2. The monoisotopic (exact) mass is 176 g/mol. The molecule has 0 saturated heterocycles. The number of hydrogen-bond acceptors (Lipinski definition) is 4. The first-order valence-corrected chi connectivity index (χ1v) is 4.66. The normalized spacial score (nSPS) is 32.0. The standard InChI is InChI=1S/C6H12N2O2S/c7-4-2-1-3-5(6(4)8)11(9)10/h4,6H,1-3,7-8H2/t4-,6+/m1/s1. The van der Waals surface area contributed by atoms with Crippen molar-refractivity contribution in [3.8, 4) is 0 Å². The zero-order valence-electron chi connectivity index (χ0n) is 6.16. The zero-order chi connectivity index (χ0) is 8.43. The lowest BCUT2D eigenvalue weighted by Crippen LogP contribution is -2.49. The van der Waals surface area contributed by atoms with E-state index in [0.29, 0.717) is 11.3 Å². The molecule has 11 heavy (non-hydrogen) atoms. The fraction of sp³-hybridized carbons (Fsp3) is 0.833. The zero-order valence-corrected chi connectivity index (χ0v) is 6.97. The van der Waals surface area contributed by atoms with Crippen LogP contribution >= 0.6 is 0 Å². The maximum absolute atomic E-state index is 10.5. The summed E-state index contributed by atoms with van der Waals surface area (Å²) in [5.74, 6) is 0. The molecular formula is C6H12N2O2S. The van der Waals surface area contributed by atoms with Crippen LogP contribution in [-0.2, 0) is 10.3 Å². The Hall–Kier alpha value is -0.390. The molecule has 1 saturated carbocycles. The van der Waals surface area contributed by atoms with Gasteiger partial charge in [0.15, 0.2) is 0 Å². The lowest BCUT2D eigenvalue weighted by molar-refractivity contribution is 0.522. The van der Waals surface area contributed by atoms with Crippen molar-refractivity contribution in [3.05, 3.63) is 0 Å². The minimum Gasteiger partial charge on any atom is -0.326 e. The molecule has 4 N–H and O–H groups in total. The van der Waals surface area contributed by atoms with Gasteiger partial charge in [-0.2, -0.15) is 8.42 Å². The Kier molecular flexibility index (Phi) is 2.64. The lowest BCUT2D eigenvalue weighted by atomic mass is 9.92. The summed E-state index contributed by atoms with van der Waals surface area (Å²) >= 11 is 0. The molecule has 1 aliphatic rings. The average molecular weight is 176 g/mol. The highest BCUT2D eigenvalue weighted by molar-refractivity contribution is 7.73. The number of rotatable bonds is 0. The molecule has 1 rings (SSSR count). The van der Waals surface area contributed by atoms with Gasteiger partial charge < -0.3 is 11.5 Å². The molecule has 5 heteroatoms. The summed E-state index contributed by atoms with van der Waals surface area (Å²) in [7, 11) is -2.14. The SMILES string of the molecule is N[C@@H]1CCCC(=S(=O)=O)[C@H]1N. The molecule has 0 amide bonds. The van der Waals surface area contributed by atoms with E-state index in [1.54, 1.807) is 0 Å². The largest absolute Gasteiger partial charge is 0.326 e. The Morgan fingerprint density at radius 3 is 2.45 bits per heavy atom. The molecule has 0 aliphatic heterocycles. The van der Waals surface area contributed by atoms with Crippen molar-refractivity contribution in [3.63, 3.8) is 0 Å². The van der Waals surface area contributed by atoms with Gasteiger partial charge in [-0.1, -0.05) is 0 Å². The Labute approximate surface area is 67.1 Å². The van der Waals surface area contributed by atoms with Gasteiger partial charge in [-0.25, -0.2) is 0 Å². The van der Waals surface area contributed by atoms with Gasteiger partial charge in [-0.15, -0.1) is 0 Å². The van der Waals surface area contributed by atoms with Crippen LogP contribution in [0.4, 0.5) is 0 Å².